The molecule has 1 saturated heterocycles. The zero-order valence-corrected chi connectivity index (χ0v) is 13.1. The first kappa shape index (κ1) is 15.1. The molecule has 1 fully saturated rings. The summed E-state index contributed by atoms with van der Waals surface area (Å²) in [6.07, 6.45) is 0.704. The van der Waals surface area contributed by atoms with Gasteiger partial charge in [0.1, 0.15) is 23.7 Å². The van der Waals surface area contributed by atoms with Gasteiger partial charge in [-0.2, -0.15) is 0 Å². The Balaban J connectivity index is 1.54. The van der Waals surface area contributed by atoms with Crippen molar-refractivity contribution in [3.63, 3.8) is 0 Å². The molecule has 1 N–H and O–H groups in total. The topological polar surface area (TPSA) is 58.7 Å². The first-order valence-electron chi connectivity index (χ1n) is 7.59. The van der Waals surface area contributed by atoms with E-state index in [-0.39, 0.29) is 0 Å². The number of likely N-dealkylation sites (tertiary alicyclic amines) is 1. The average Bonchev–Trinajstić information content (AvgIpc) is 3.04. The molecule has 0 saturated carbocycles. The third-order valence-corrected chi connectivity index (χ3v) is 3.97. The summed E-state index contributed by atoms with van der Waals surface area (Å²) in [7, 11) is 0. The van der Waals surface area contributed by atoms with Gasteiger partial charge in [0.25, 0.3) is 0 Å². The van der Waals surface area contributed by atoms with Crippen LogP contribution in [0.1, 0.15) is 23.4 Å². The Hall–Kier alpha value is -1.85. The van der Waals surface area contributed by atoms with Crippen molar-refractivity contribution in [1.82, 2.24) is 10.1 Å². The molecule has 0 bridgehead atoms. The van der Waals surface area contributed by atoms with Crippen molar-refractivity contribution in [2.24, 2.45) is 0 Å². The minimum Gasteiger partial charge on any atom is -0.491 e. The lowest BCUT2D eigenvalue weighted by Crippen LogP contribution is -2.39. The standard InChI is InChI=1S/C17H22N2O3/c1-13-4-3-5-16(8-13)21-12-17(20)6-7-19(11-17)10-15-9-14(2)22-18-15/h3-5,8-9,20H,6-7,10-12H2,1-2H3. The van der Waals surface area contributed by atoms with Crippen LogP contribution in [0.15, 0.2) is 34.9 Å². The van der Waals surface area contributed by atoms with E-state index >= 15 is 0 Å². The highest BCUT2D eigenvalue weighted by Crippen LogP contribution is 2.24. The molecule has 5 nitrogen and oxygen atoms in total. The fourth-order valence-corrected chi connectivity index (χ4v) is 2.84. The number of rotatable bonds is 5. The molecule has 118 valence electrons. The molecule has 1 aromatic heterocycles. The molecule has 0 amide bonds. The average molecular weight is 302 g/mol. The highest BCUT2D eigenvalue weighted by atomic mass is 16.5. The largest absolute Gasteiger partial charge is 0.491 e. The Morgan fingerprint density at radius 1 is 1.36 bits per heavy atom. The van der Waals surface area contributed by atoms with Gasteiger partial charge in [-0.15, -0.1) is 0 Å². The van der Waals surface area contributed by atoms with Gasteiger partial charge in [0.2, 0.25) is 0 Å². The molecule has 3 rings (SSSR count). The van der Waals surface area contributed by atoms with Crippen molar-refractivity contribution in [1.29, 1.82) is 0 Å². The second kappa shape index (κ2) is 6.10. The summed E-state index contributed by atoms with van der Waals surface area (Å²) >= 11 is 0. The molecule has 5 heteroatoms. The Morgan fingerprint density at radius 2 is 2.23 bits per heavy atom. The third kappa shape index (κ3) is 3.67. The summed E-state index contributed by atoms with van der Waals surface area (Å²) in [5.74, 6) is 1.62. The summed E-state index contributed by atoms with van der Waals surface area (Å²) in [5, 5.41) is 14.7. The van der Waals surface area contributed by atoms with Crippen LogP contribution in [0.5, 0.6) is 5.75 Å². The summed E-state index contributed by atoms with van der Waals surface area (Å²) < 4.78 is 10.8. The van der Waals surface area contributed by atoms with Crippen LogP contribution in [-0.2, 0) is 6.54 Å². The minimum atomic E-state index is -0.803. The van der Waals surface area contributed by atoms with E-state index in [1.807, 2.05) is 44.2 Å². The Morgan fingerprint density at radius 3 is 2.95 bits per heavy atom. The second-order valence-electron chi connectivity index (χ2n) is 6.22. The highest BCUT2D eigenvalue weighted by molar-refractivity contribution is 5.27. The number of hydrogen-bond acceptors (Lipinski definition) is 5. The highest BCUT2D eigenvalue weighted by Gasteiger charge is 2.37. The molecule has 1 atom stereocenters. The van der Waals surface area contributed by atoms with Crippen LogP contribution in [0.3, 0.4) is 0 Å². The lowest BCUT2D eigenvalue weighted by atomic mass is 10.1. The van der Waals surface area contributed by atoms with E-state index in [0.29, 0.717) is 26.1 Å². The monoisotopic (exact) mass is 302 g/mol. The van der Waals surface area contributed by atoms with Gasteiger partial charge in [-0.1, -0.05) is 17.3 Å². The summed E-state index contributed by atoms with van der Waals surface area (Å²) in [4.78, 5) is 2.18. The maximum absolute atomic E-state index is 10.7. The first-order chi connectivity index (χ1) is 10.5. The number of benzene rings is 1. The van der Waals surface area contributed by atoms with Crippen LogP contribution in [0.25, 0.3) is 0 Å². The molecule has 1 aliphatic heterocycles. The van der Waals surface area contributed by atoms with Crippen molar-refractivity contribution in [3.05, 3.63) is 47.3 Å². The van der Waals surface area contributed by atoms with E-state index < -0.39 is 5.60 Å². The molecule has 1 unspecified atom stereocenters. The van der Waals surface area contributed by atoms with Gasteiger partial charge in [0.15, 0.2) is 0 Å². The third-order valence-electron chi connectivity index (χ3n) is 3.97. The van der Waals surface area contributed by atoms with E-state index in [1.54, 1.807) is 0 Å². The van der Waals surface area contributed by atoms with Gasteiger partial charge in [-0.05, 0) is 38.0 Å². The van der Waals surface area contributed by atoms with Crippen LogP contribution < -0.4 is 4.74 Å². The maximum Gasteiger partial charge on any atom is 0.133 e. The van der Waals surface area contributed by atoms with Crippen LogP contribution in [0.4, 0.5) is 0 Å². The molecular formula is C17H22N2O3. The zero-order valence-electron chi connectivity index (χ0n) is 13.1. The van der Waals surface area contributed by atoms with Crippen molar-refractivity contribution in [3.8, 4) is 5.75 Å². The van der Waals surface area contributed by atoms with Gasteiger partial charge in [-0.3, -0.25) is 4.90 Å². The van der Waals surface area contributed by atoms with Gasteiger partial charge >= 0.3 is 0 Å². The molecule has 22 heavy (non-hydrogen) atoms. The van der Waals surface area contributed by atoms with Crippen molar-refractivity contribution < 1.29 is 14.4 Å². The molecule has 2 heterocycles. The molecule has 1 aliphatic rings. The fraction of sp³-hybridized carbons (Fsp3) is 0.471. The number of β-amino-alcohol motifs (C(OH)–C–C–N with tert-alkyl or cyclic N) is 1. The van der Waals surface area contributed by atoms with Gasteiger partial charge in [0.05, 0.1) is 5.69 Å². The van der Waals surface area contributed by atoms with Crippen LogP contribution in [-0.4, -0.2) is 40.5 Å². The lowest BCUT2D eigenvalue weighted by molar-refractivity contribution is 0.00323. The van der Waals surface area contributed by atoms with Crippen molar-refractivity contribution in [2.75, 3.05) is 19.7 Å². The van der Waals surface area contributed by atoms with Crippen LogP contribution >= 0.6 is 0 Å². The summed E-state index contributed by atoms with van der Waals surface area (Å²) in [5.41, 5.74) is 1.25. The number of aryl methyl sites for hydroxylation is 2. The quantitative estimate of drug-likeness (QED) is 0.918. The van der Waals surface area contributed by atoms with E-state index in [9.17, 15) is 5.11 Å². The number of aromatic nitrogens is 1. The first-order valence-corrected chi connectivity index (χ1v) is 7.59. The van der Waals surface area contributed by atoms with Crippen LogP contribution in [0, 0.1) is 13.8 Å². The number of ether oxygens (including phenoxy) is 1. The molecule has 0 radical (unpaired) electrons. The van der Waals surface area contributed by atoms with Gasteiger partial charge in [-0.25, -0.2) is 0 Å². The smallest absolute Gasteiger partial charge is 0.133 e. The fourth-order valence-electron chi connectivity index (χ4n) is 2.84. The molecule has 0 aliphatic carbocycles. The van der Waals surface area contributed by atoms with Crippen LogP contribution in [0.2, 0.25) is 0 Å². The summed E-state index contributed by atoms with van der Waals surface area (Å²) in [6.45, 7) is 6.34. The normalized spacial score (nSPS) is 22.1. The van der Waals surface area contributed by atoms with Crippen molar-refractivity contribution >= 4 is 0 Å². The SMILES string of the molecule is Cc1cccc(OCC2(O)CCN(Cc3cc(C)on3)C2)c1. The number of nitrogens with zero attached hydrogens (tertiary/aromatic N) is 2. The Kier molecular flexibility index (Phi) is 4.18. The van der Waals surface area contributed by atoms with Gasteiger partial charge < -0.3 is 14.4 Å². The minimum absolute atomic E-state index is 0.310. The zero-order chi connectivity index (χ0) is 15.6. The lowest BCUT2D eigenvalue weighted by Gasteiger charge is -2.23. The van der Waals surface area contributed by atoms with E-state index in [4.69, 9.17) is 9.26 Å². The predicted molar refractivity (Wildman–Crippen MR) is 82.8 cm³/mol. The van der Waals surface area contributed by atoms with E-state index in [1.165, 1.54) is 0 Å². The Bertz CT molecular complexity index is 640. The predicted octanol–water partition coefficient (Wildman–Crippen LogP) is 2.31. The maximum atomic E-state index is 10.7. The van der Waals surface area contributed by atoms with E-state index in [0.717, 1.165) is 29.3 Å². The van der Waals surface area contributed by atoms with Gasteiger partial charge in [0, 0.05) is 25.7 Å². The number of aliphatic hydroxyl groups is 1. The molecule has 0 spiro atoms. The molecule has 2 aromatic rings. The molecular weight excluding hydrogens is 280 g/mol. The second-order valence-corrected chi connectivity index (χ2v) is 6.22. The summed E-state index contributed by atoms with van der Waals surface area (Å²) in [6, 6.07) is 9.82. The number of hydrogen-bond donors (Lipinski definition) is 1. The Labute approximate surface area is 130 Å². The molecule has 1 aromatic carbocycles. The van der Waals surface area contributed by atoms with Crippen molar-refractivity contribution in [2.45, 2.75) is 32.4 Å². The van der Waals surface area contributed by atoms with E-state index in [2.05, 4.69) is 10.1 Å².